The molecule has 1 aliphatic rings. The molecule has 1 aromatic heterocycles. The molecular weight excluding hydrogens is 286 g/mol. The van der Waals surface area contributed by atoms with E-state index >= 15 is 0 Å². The van der Waals surface area contributed by atoms with E-state index in [0.717, 1.165) is 43.6 Å². The maximum Gasteiger partial charge on any atom is 0.149 e. The summed E-state index contributed by atoms with van der Waals surface area (Å²) in [5, 5.41) is 4.79. The van der Waals surface area contributed by atoms with Crippen molar-refractivity contribution in [3.8, 4) is 0 Å². The maximum absolute atomic E-state index is 6.23. The van der Waals surface area contributed by atoms with Gasteiger partial charge in [0.05, 0.1) is 17.4 Å². The summed E-state index contributed by atoms with van der Waals surface area (Å²) < 4.78 is 0. The van der Waals surface area contributed by atoms with Gasteiger partial charge >= 0.3 is 0 Å². The summed E-state index contributed by atoms with van der Waals surface area (Å²) in [7, 11) is 0. The standard InChI is InChI=1S/C18H27N5/c1-2-3-10-15-22-16-17(23(15)12-7-6-11-19)13-8-4-5-9-14(13)21-18(16)20/h4-5,8-9,15,22H,2-3,6-7,10-12,19H2,1H3,(H2,20,21). The highest BCUT2D eigenvalue weighted by atomic mass is 15.3. The number of fused-ring (bicyclic) bond motifs is 3. The largest absolute Gasteiger partial charge is 0.382 e. The van der Waals surface area contributed by atoms with Gasteiger partial charge in [-0.3, -0.25) is 0 Å². The fourth-order valence-electron chi connectivity index (χ4n) is 3.37. The fraction of sp³-hybridized carbons (Fsp3) is 0.500. The van der Waals surface area contributed by atoms with Gasteiger partial charge in [0.15, 0.2) is 0 Å². The molecule has 23 heavy (non-hydrogen) atoms. The average molecular weight is 313 g/mol. The van der Waals surface area contributed by atoms with Crippen molar-refractivity contribution in [2.45, 2.75) is 45.2 Å². The Hall–Kier alpha value is -2.01. The van der Waals surface area contributed by atoms with Crippen molar-refractivity contribution in [1.82, 2.24) is 4.98 Å². The lowest BCUT2D eigenvalue weighted by molar-refractivity contribution is 0.571. The zero-order valence-electron chi connectivity index (χ0n) is 13.9. The maximum atomic E-state index is 6.23. The SMILES string of the molecule is CCCCC1Nc2c(N)nc3ccccc3c2N1CCCCN. The lowest BCUT2D eigenvalue weighted by atomic mass is 10.1. The molecule has 5 heteroatoms. The third kappa shape index (κ3) is 3.06. The van der Waals surface area contributed by atoms with Gasteiger partial charge in [0.1, 0.15) is 11.5 Å². The average Bonchev–Trinajstić information content (AvgIpc) is 2.93. The fourth-order valence-corrected chi connectivity index (χ4v) is 3.37. The van der Waals surface area contributed by atoms with E-state index in [1.54, 1.807) is 0 Å². The lowest BCUT2D eigenvalue weighted by Crippen LogP contribution is -2.36. The van der Waals surface area contributed by atoms with E-state index < -0.39 is 0 Å². The zero-order chi connectivity index (χ0) is 16.2. The molecular formula is C18H27N5. The number of pyridine rings is 1. The number of anilines is 3. The van der Waals surface area contributed by atoms with Crippen molar-refractivity contribution < 1.29 is 0 Å². The number of aromatic nitrogens is 1. The second-order valence-electron chi connectivity index (χ2n) is 6.23. The Labute approximate surface area is 138 Å². The van der Waals surface area contributed by atoms with Crippen LogP contribution in [-0.2, 0) is 0 Å². The van der Waals surface area contributed by atoms with Crippen LogP contribution < -0.4 is 21.7 Å². The van der Waals surface area contributed by atoms with Crippen LogP contribution in [0.15, 0.2) is 24.3 Å². The van der Waals surface area contributed by atoms with E-state index in [4.69, 9.17) is 11.5 Å². The van der Waals surface area contributed by atoms with Crippen molar-refractivity contribution in [2.75, 3.05) is 29.0 Å². The van der Waals surface area contributed by atoms with E-state index in [1.165, 1.54) is 23.9 Å². The number of hydrogen-bond donors (Lipinski definition) is 3. The molecule has 1 unspecified atom stereocenters. The number of nitrogen functional groups attached to an aromatic ring is 1. The number of para-hydroxylation sites is 1. The van der Waals surface area contributed by atoms with Crippen LogP contribution in [0.3, 0.4) is 0 Å². The minimum atomic E-state index is 0.303. The van der Waals surface area contributed by atoms with Gasteiger partial charge in [-0.15, -0.1) is 0 Å². The Balaban J connectivity index is 2.00. The Morgan fingerprint density at radius 1 is 1.22 bits per heavy atom. The van der Waals surface area contributed by atoms with Gasteiger partial charge in [0, 0.05) is 11.9 Å². The number of nitrogens with one attached hydrogen (secondary N) is 1. The highest BCUT2D eigenvalue weighted by Crippen LogP contribution is 2.44. The van der Waals surface area contributed by atoms with Crippen LogP contribution in [0.4, 0.5) is 17.2 Å². The molecule has 2 aromatic rings. The molecule has 0 radical (unpaired) electrons. The molecule has 5 nitrogen and oxygen atoms in total. The van der Waals surface area contributed by atoms with Crippen molar-refractivity contribution >= 4 is 28.1 Å². The quantitative estimate of drug-likeness (QED) is 0.683. The van der Waals surface area contributed by atoms with Gasteiger partial charge < -0.3 is 21.7 Å². The van der Waals surface area contributed by atoms with E-state index in [1.807, 2.05) is 12.1 Å². The third-order valence-electron chi connectivity index (χ3n) is 4.55. The molecule has 124 valence electrons. The highest BCUT2D eigenvalue weighted by Gasteiger charge is 2.31. The highest BCUT2D eigenvalue weighted by molar-refractivity contribution is 6.04. The molecule has 0 aliphatic carbocycles. The third-order valence-corrected chi connectivity index (χ3v) is 4.55. The summed E-state index contributed by atoms with van der Waals surface area (Å²) in [5.41, 5.74) is 15.1. The van der Waals surface area contributed by atoms with Crippen LogP contribution >= 0.6 is 0 Å². The first-order valence-electron chi connectivity index (χ1n) is 8.67. The van der Waals surface area contributed by atoms with E-state index in [-0.39, 0.29) is 0 Å². The van der Waals surface area contributed by atoms with Gasteiger partial charge in [0.25, 0.3) is 0 Å². The zero-order valence-corrected chi connectivity index (χ0v) is 13.9. The summed E-state index contributed by atoms with van der Waals surface area (Å²) in [5.74, 6) is 0.599. The van der Waals surface area contributed by atoms with Crippen LogP contribution in [0.5, 0.6) is 0 Å². The van der Waals surface area contributed by atoms with Crippen LogP contribution in [0.1, 0.15) is 39.0 Å². The van der Waals surface area contributed by atoms with Gasteiger partial charge in [0.2, 0.25) is 0 Å². The second-order valence-corrected chi connectivity index (χ2v) is 6.23. The van der Waals surface area contributed by atoms with E-state index in [9.17, 15) is 0 Å². The number of hydrogen-bond acceptors (Lipinski definition) is 5. The molecule has 0 spiro atoms. The minimum absolute atomic E-state index is 0.303. The summed E-state index contributed by atoms with van der Waals surface area (Å²) in [6.07, 6.45) is 5.95. The van der Waals surface area contributed by atoms with Gasteiger partial charge in [-0.05, 0) is 38.3 Å². The number of nitrogens with two attached hydrogens (primary N) is 2. The lowest BCUT2D eigenvalue weighted by Gasteiger charge is -2.27. The van der Waals surface area contributed by atoms with Crippen LogP contribution in [0.25, 0.3) is 10.9 Å². The summed E-state index contributed by atoms with van der Waals surface area (Å²) in [6.45, 7) is 3.97. The van der Waals surface area contributed by atoms with Crippen molar-refractivity contribution in [3.05, 3.63) is 24.3 Å². The minimum Gasteiger partial charge on any atom is -0.382 e. The van der Waals surface area contributed by atoms with Gasteiger partial charge in [-0.25, -0.2) is 4.98 Å². The Morgan fingerprint density at radius 2 is 2.04 bits per heavy atom. The number of benzene rings is 1. The monoisotopic (exact) mass is 313 g/mol. The summed E-state index contributed by atoms with van der Waals surface area (Å²) in [4.78, 5) is 7.03. The van der Waals surface area contributed by atoms with Crippen LogP contribution in [0, 0.1) is 0 Å². The van der Waals surface area contributed by atoms with Gasteiger partial charge in [-0.2, -0.15) is 0 Å². The molecule has 0 saturated heterocycles. The molecule has 2 heterocycles. The van der Waals surface area contributed by atoms with E-state index in [0.29, 0.717) is 12.0 Å². The predicted molar refractivity (Wildman–Crippen MR) is 98.7 cm³/mol. The number of unbranched alkanes of at least 4 members (excludes halogenated alkanes) is 2. The molecule has 0 bridgehead atoms. The Morgan fingerprint density at radius 3 is 2.83 bits per heavy atom. The van der Waals surface area contributed by atoms with Crippen molar-refractivity contribution in [3.63, 3.8) is 0 Å². The Bertz CT molecular complexity index is 670. The number of rotatable bonds is 7. The topological polar surface area (TPSA) is 80.2 Å². The molecule has 3 rings (SSSR count). The molecule has 0 saturated carbocycles. The van der Waals surface area contributed by atoms with Crippen molar-refractivity contribution in [2.24, 2.45) is 5.73 Å². The smallest absolute Gasteiger partial charge is 0.149 e. The summed E-state index contributed by atoms with van der Waals surface area (Å²) in [6, 6.07) is 8.25. The molecule has 0 amide bonds. The molecule has 1 atom stereocenters. The van der Waals surface area contributed by atoms with E-state index in [2.05, 4.69) is 34.3 Å². The van der Waals surface area contributed by atoms with Crippen LogP contribution in [0.2, 0.25) is 0 Å². The predicted octanol–water partition coefficient (Wildman–Crippen LogP) is 3.30. The first-order chi connectivity index (χ1) is 11.3. The normalized spacial score (nSPS) is 16.6. The van der Waals surface area contributed by atoms with Gasteiger partial charge in [-0.1, -0.05) is 31.5 Å². The molecule has 1 aromatic carbocycles. The van der Waals surface area contributed by atoms with Crippen molar-refractivity contribution in [1.29, 1.82) is 0 Å². The van der Waals surface area contributed by atoms with Crippen LogP contribution in [-0.4, -0.2) is 24.2 Å². The number of nitrogens with zero attached hydrogens (tertiary/aromatic N) is 2. The molecule has 5 N–H and O–H groups in total. The summed E-state index contributed by atoms with van der Waals surface area (Å²) >= 11 is 0. The second kappa shape index (κ2) is 7.04. The Kier molecular flexibility index (Phi) is 4.86. The first-order valence-corrected chi connectivity index (χ1v) is 8.67. The first kappa shape index (κ1) is 15.9. The molecule has 1 aliphatic heterocycles. The molecule has 0 fully saturated rings.